The van der Waals surface area contributed by atoms with Gasteiger partial charge in [-0.1, -0.05) is 42.7 Å². The van der Waals surface area contributed by atoms with E-state index in [1.54, 1.807) is 18.2 Å². The summed E-state index contributed by atoms with van der Waals surface area (Å²) in [6.07, 6.45) is 6.55. The summed E-state index contributed by atoms with van der Waals surface area (Å²) in [7, 11) is 0. The second kappa shape index (κ2) is 10.7. The van der Waals surface area contributed by atoms with Crippen LogP contribution in [0.25, 0.3) is 6.08 Å². The first-order chi connectivity index (χ1) is 17.1. The van der Waals surface area contributed by atoms with Crippen LogP contribution in [0.1, 0.15) is 51.5 Å². The van der Waals surface area contributed by atoms with Gasteiger partial charge in [0.2, 0.25) is 11.8 Å². The van der Waals surface area contributed by atoms with Crippen LogP contribution in [0.2, 0.25) is 5.02 Å². The minimum absolute atomic E-state index is 0.0772. The van der Waals surface area contributed by atoms with Gasteiger partial charge in [-0.05, 0) is 62.8 Å². The van der Waals surface area contributed by atoms with Gasteiger partial charge in [0, 0.05) is 16.5 Å². The summed E-state index contributed by atoms with van der Waals surface area (Å²) >= 11 is 7.34. The van der Waals surface area contributed by atoms with Crippen molar-refractivity contribution >= 4 is 47.3 Å². The normalized spacial score (nSPS) is 27.1. The molecule has 3 N–H and O–H groups in total. The number of nitrogens with zero attached hydrogens (tertiary/aromatic N) is 1. The Labute approximate surface area is 220 Å². The molecule has 2 heterocycles. The summed E-state index contributed by atoms with van der Waals surface area (Å²) in [5.74, 6) is -0.238. The third-order valence-corrected chi connectivity index (χ3v) is 8.40. The van der Waals surface area contributed by atoms with Crippen LogP contribution in [0.15, 0.2) is 30.3 Å². The first kappa shape index (κ1) is 26.4. The summed E-state index contributed by atoms with van der Waals surface area (Å²) in [5.41, 5.74) is 0.583. The molecule has 2 saturated heterocycles. The van der Waals surface area contributed by atoms with E-state index in [1.165, 1.54) is 11.8 Å². The van der Waals surface area contributed by atoms with Gasteiger partial charge in [-0.2, -0.15) is 5.26 Å². The first-order valence-electron chi connectivity index (χ1n) is 12.2. The van der Waals surface area contributed by atoms with Crippen molar-refractivity contribution in [3.05, 3.63) is 40.9 Å². The number of ether oxygens (including phenoxy) is 1. The predicted octanol–water partition coefficient (Wildman–Crippen LogP) is 4.00. The largest absolute Gasteiger partial charge is 0.445 e. The number of thioether (sulfide) groups is 1. The minimum Gasteiger partial charge on any atom is -0.445 e. The number of hydrogen-bond donors (Lipinski definition) is 3. The second-order valence-electron chi connectivity index (χ2n) is 10.4. The SMILES string of the molecule is CC1(C)C[C@@H](C[C@@H](C#N)NC(=O)[C@@]2(CC3CC3)SC2NC(=O)OC/C=C/c2cccc(Cl)c2)C(=O)N1. The summed E-state index contributed by atoms with van der Waals surface area (Å²) < 4.78 is 4.43. The Morgan fingerprint density at radius 1 is 1.39 bits per heavy atom. The summed E-state index contributed by atoms with van der Waals surface area (Å²) in [6, 6.07) is 8.68. The number of nitrogens with one attached hydrogen (secondary N) is 3. The highest BCUT2D eigenvalue weighted by molar-refractivity contribution is 8.09. The van der Waals surface area contributed by atoms with E-state index in [2.05, 4.69) is 22.0 Å². The highest BCUT2D eigenvalue weighted by Crippen LogP contribution is 2.59. The summed E-state index contributed by atoms with van der Waals surface area (Å²) in [4.78, 5) is 37.9. The lowest BCUT2D eigenvalue weighted by atomic mass is 9.91. The third kappa shape index (κ3) is 6.74. The minimum atomic E-state index is -0.816. The summed E-state index contributed by atoms with van der Waals surface area (Å²) in [5, 5.41) is 18.4. The van der Waals surface area contributed by atoms with E-state index >= 15 is 0 Å². The highest BCUT2D eigenvalue weighted by atomic mass is 35.5. The molecule has 4 rings (SSSR count). The molecule has 1 aromatic rings. The average Bonchev–Trinajstić information content (AvgIpc) is 3.72. The van der Waals surface area contributed by atoms with Crippen molar-refractivity contribution in [2.75, 3.05) is 6.61 Å². The number of benzene rings is 1. The maximum absolute atomic E-state index is 13.3. The van der Waals surface area contributed by atoms with Crippen LogP contribution in [0.4, 0.5) is 4.79 Å². The van der Waals surface area contributed by atoms with Crippen LogP contribution in [-0.2, 0) is 14.3 Å². The number of carbonyl (C=O) groups is 3. The highest BCUT2D eigenvalue weighted by Gasteiger charge is 2.64. The van der Waals surface area contributed by atoms with E-state index in [4.69, 9.17) is 16.3 Å². The lowest BCUT2D eigenvalue weighted by Crippen LogP contribution is -2.47. The molecule has 36 heavy (non-hydrogen) atoms. The van der Waals surface area contributed by atoms with Gasteiger partial charge in [0.15, 0.2) is 0 Å². The molecule has 3 amide bonds. The molecule has 3 aliphatic rings. The topological polar surface area (TPSA) is 120 Å². The van der Waals surface area contributed by atoms with E-state index in [0.717, 1.165) is 18.4 Å². The zero-order chi connectivity index (χ0) is 25.9. The molecule has 1 saturated carbocycles. The maximum Gasteiger partial charge on any atom is 0.408 e. The molecule has 4 atom stereocenters. The number of alkyl carbamates (subject to hydrolysis) is 1. The number of halogens is 1. The molecule has 1 aliphatic carbocycles. The van der Waals surface area contributed by atoms with Gasteiger partial charge in [-0.25, -0.2) is 4.79 Å². The van der Waals surface area contributed by atoms with Gasteiger partial charge in [0.05, 0.1) is 6.07 Å². The Balaban J connectivity index is 1.29. The first-order valence-corrected chi connectivity index (χ1v) is 13.4. The Morgan fingerprint density at radius 3 is 2.81 bits per heavy atom. The Hall–Kier alpha value is -2.70. The van der Waals surface area contributed by atoms with E-state index in [-0.39, 0.29) is 36.3 Å². The van der Waals surface area contributed by atoms with Crippen LogP contribution >= 0.6 is 23.4 Å². The quantitative estimate of drug-likeness (QED) is 0.393. The molecular formula is C26H31ClN4O4S. The van der Waals surface area contributed by atoms with Crippen molar-refractivity contribution in [3.63, 3.8) is 0 Å². The monoisotopic (exact) mass is 530 g/mol. The van der Waals surface area contributed by atoms with E-state index < -0.39 is 22.3 Å². The molecule has 1 unspecified atom stereocenters. The molecule has 8 nitrogen and oxygen atoms in total. The average molecular weight is 531 g/mol. The van der Waals surface area contributed by atoms with Gasteiger partial charge in [0.1, 0.15) is 22.8 Å². The Kier molecular flexibility index (Phi) is 7.86. The second-order valence-corrected chi connectivity index (χ2v) is 12.3. The van der Waals surface area contributed by atoms with Gasteiger partial charge in [0.25, 0.3) is 0 Å². The van der Waals surface area contributed by atoms with Crippen LogP contribution < -0.4 is 16.0 Å². The zero-order valence-corrected chi connectivity index (χ0v) is 22.0. The third-order valence-electron chi connectivity index (χ3n) is 6.66. The Bertz CT molecular complexity index is 1100. The molecule has 0 radical (unpaired) electrons. The van der Waals surface area contributed by atoms with E-state index in [1.807, 2.05) is 32.1 Å². The number of nitriles is 1. The number of amides is 3. The fourth-order valence-electron chi connectivity index (χ4n) is 4.66. The van der Waals surface area contributed by atoms with Crippen molar-refractivity contribution in [2.24, 2.45) is 11.8 Å². The smallest absolute Gasteiger partial charge is 0.408 e. The van der Waals surface area contributed by atoms with Crippen LogP contribution in [0, 0.1) is 23.2 Å². The van der Waals surface area contributed by atoms with Crippen molar-refractivity contribution in [1.29, 1.82) is 5.26 Å². The van der Waals surface area contributed by atoms with Crippen LogP contribution in [0.3, 0.4) is 0 Å². The fourth-order valence-corrected chi connectivity index (χ4v) is 6.12. The lowest BCUT2D eigenvalue weighted by molar-refractivity contribution is -0.125. The molecule has 3 fully saturated rings. The molecule has 0 aromatic heterocycles. The maximum atomic E-state index is 13.3. The van der Waals surface area contributed by atoms with Gasteiger partial charge in [-0.3, -0.25) is 9.59 Å². The Morgan fingerprint density at radius 2 is 2.17 bits per heavy atom. The van der Waals surface area contributed by atoms with Crippen molar-refractivity contribution < 1.29 is 19.1 Å². The van der Waals surface area contributed by atoms with E-state index in [9.17, 15) is 19.6 Å². The number of rotatable bonds is 10. The van der Waals surface area contributed by atoms with E-state index in [0.29, 0.717) is 23.8 Å². The van der Waals surface area contributed by atoms with Gasteiger partial charge < -0.3 is 20.7 Å². The molecule has 0 spiro atoms. The van der Waals surface area contributed by atoms with Crippen molar-refractivity contribution in [2.45, 2.75) is 67.7 Å². The van der Waals surface area contributed by atoms with Crippen LogP contribution in [-0.4, -0.2) is 46.2 Å². The fraction of sp³-hybridized carbons (Fsp3) is 0.538. The van der Waals surface area contributed by atoms with Crippen molar-refractivity contribution in [3.8, 4) is 6.07 Å². The lowest BCUT2D eigenvalue weighted by Gasteiger charge is -2.20. The molecule has 1 aromatic carbocycles. The molecule has 192 valence electrons. The molecule has 0 bridgehead atoms. The number of hydrogen-bond acceptors (Lipinski definition) is 6. The summed E-state index contributed by atoms with van der Waals surface area (Å²) in [6.45, 7) is 3.96. The predicted molar refractivity (Wildman–Crippen MR) is 139 cm³/mol. The molecule has 10 heteroatoms. The molecular weight excluding hydrogens is 500 g/mol. The zero-order valence-electron chi connectivity index (χ0n) is 20.4. The van der Waals surface area contributed by atoms with Crippen LogP contribution in [0.5, 0.6) is 0 Å². The number of carbonyl (C=O) groups excluding carboxylic acids is 3. The molecule has 2 aliphatic heterocycles. The van der Waals surface area contributed by atoms with Gasteiger partial charge in [-0.15, -0.1) is 11.8 Å². The standard InChI is InChI=1S/C26H31ClN4O4S/c1-25(2)14-18(21(32)31-25)12-20(15-28)29-22(33)26(13-17-8-9-17)23(36-26)30-24(34)35-10-4-6-16-5-3-7-19(27)11-16/h3-7,11,17-18,20,23H,8-10,12-14H2,1-2H3,(H,29,33)(H,30,34)(H,31,32)/b6-4+/t18-,20+,23?,26-/m1/s1. The van der Waals surface area contributed by atoms with Crippen molar-refractivity contribution in [1.82, 2.24) is 16.0 Å². The van der Waals surface area contributed by atoms with Gasteiger partial charge >= 0.3 is 6.09 Å².